The Kier molecular flexibility index (Phi) is 5.04. The Morgan fingerprint density at radius 1 is 1.12 bits per heavy atom. The number of aromatic nitrogens is 2. The van der Waals surface area contributed by atoms with Gasteiger partial charge in [-0.1, -0.05) is 24.3 Å². The number of aryl methyl sites for hydroxylation is 1. The summed E-state index contributed by atoms with van der Waals surface area (Å²) in [6.07, 6.45) is 2.04. The number of nitrogens with one attached hydrogen (secondary N) is 1. The van der Waals surface area contributed by atoms with E-state index in [-0.39, 0.29) is 5.91 Å². The first kappa shape index (κ1) is 16.6. The van der Waals surface area contributed by atoms with Crippen LogP contribution in [0.15, 0.2) is 60.8 Å². The minimum Gasteiger partial charge on any atom is -0.497 e. The summed E-state index contributed by atoms with van der Waals surface area (Å²) in [6.45, 7) is 1.85. The molecular weight excluding hydrogens is 314 g/mol. The first-order valence-electron chi connectivity index (χ1n) is 7.97. The fraction of sp³-hybridized carbons (Fsp3) is 0.150. The van der Waals surface area contributed by atoms with Gasteiger partial charge in [0.25, 0.3) is 0 Å². The molecule has 2 aromatic carbocycles. The van der Waals surface area contributed by atoms with E-state index in [2.05, 4.69) is 15.3 Å². The highest BCUT2D eigenvalue weighted by Gasteiger charge is 2.06. The zero-order chi connectivity index (χ0) is 17.6. The number of amides is 1. The number of carbonyl (C=O) groups is 1. The summed E-state index contributed by atoms with van der Waals surface area (Å²) < 4.78 is 5.12. The minimum atomic E-state index is -0.0683. The van der Waals surface area contributed by atoms with Crippen molar-refractivity contribution in [3.63, 3.8) is 0 Å². The normalized spacial score (nSPS) is 10.3. The van der Waals surface area contributed by atoms with Gasteiger partial charge < -0.3 is 10.1 Å². The van der Waals surface area contributed by atoms with Gasteiger partial charge >= 0.3 is 0 Å². The lowest BCUT2D eigenvalue weighted by atomic mass is 10.1. The first-order valence-corrected chi connectivity index (χ1v) is 7.97. The van der Waals surface area contributed by atoms with Gasteiger partial charge in [-0.15, -0.1) is 0 Å². The lowest BCUT2D eigenvalue weighted by Gasteiger charge is -2.08. The topological polar surface area (TPSA) is 64.1 Å². The van der Waals surface area contributed by atoms with E-state index in [0.29, 0.717) is 12.2 Å². The summed E-state index contributed by atoms with van der Waals surface area (Å²) in [5.41, 5.74) is 3.44. The molecule has 1 heterocycles. The summed E-state index contributed by atoms with van der Waals surface area (Å²) in [7, 11) is 1.62. The zero-order valence-corrected chi connectivity index (χ0v) is 14.2. The van der Waals surface area contributed by atoms with Gasteiger partial charge in [0.1, 0.15) is 11.6 Å². The van der Waals surface area contributed by atoms with Crippen LogP contribution in [0, 0.1) is 6.92 Å². The third-order valence-electron chi connectivity index (χ3n) is 3.74. The maximum absolute atomic E-state index is 12.3. The van der Waals surface area contributed by atoms with Crippen LogP contribution in [0.4, 0.5) is 5.69 Å². The molecule has 0 spiro atoms. The number of hydrogen-bond acceptors (Lipinski definition) is 4. The molecule has 5 nitrogen and oxygen atoms in total. The Hall–Kier alpha value is -3.21. The van der Waals surface area contributed by atoms with Crippen molar-refractivity contribution in [2.45, 2.75) is 13.3 Å². The Morgan fingerprint density at radius 3 is 2.64 bits per heavy atom. The van der Waals surface area contributed by atoms with Gasteiger partial charge in [0.2, 0.25) is 5.91 Å². The number of anilines is 1. The molecule has 0 unspecified atom stereocenters. The second-order valence-electron chi connectivity index (χ2n) is 5.64. The molecule has 0 saturated carbocycles. The molecule has 1 aromatic heterocycles. The molecule has 126 valence electrons. The smallest absolute Gasteiger partial charge is 0.228 e. The van der Waals surface area contributed by atoms with Crippen molar-refractivity contribution in [3.8, 4) is 17.0 Å². The van der Waals surface area contributed by atoms with Gasteiger partial charge in [0.05, 0.1) is 19.2 Å². The monoisotopic (exact) mass is 333 g/mol. The van der Waals surface area contributed by atoms with E-state index in [1.807, 2.05) is 61.5 Å². The maximum Gasteiger partial charge on any atom is 0.228 e. The van der Waals surface area contributed by atoms with Crippen LogP contribution in [0.1, 0.15) is 11.4 Å². The second kappa shape index (κ2) is 7.57. The Morgan fingerprint density at radius 2 is 1.92 bits per heavy atom. The Bertz CT molecular complexity index is 876. The molecule has 0 atom stereocenters. The molecule has 0 bridgehead atoms. The molecule has 0 aliphatic rings. The predicted molar refractivity (Wildman–Crippen MR) is 97.5 cm³/mol. The third-order valence-corrected chi connectivity index (χ3v) is 3.74. The number of ether oxygens (including phenoxy) is 1. The summed E-state index contributed by atoms with van der Waals surface area (Å²) in [4.78, 5) is 20.8. The van der Waals surface area contributed by atoms with Crippen molar-refractivity contribution in [2.24, 2.45) is 0 Å². The van der Waals surface area contributed by atoms with Gasteiger partial charge in [-0.25, -0.2) is 9.97 Å². The number of hydrogen-bond donors (Lipinski definition) is 1. The number of methoxy groups -OCH3 is 1. The van der Waals surface area contributed by atoms with E-state index in [1.165, 1.54) is 0 Å². The van der Waals surface area contributed by atoms with Gasteiger partial charge in [-0.3, -0.25) is 4.79 Å². The minimum absolute atomic E-state index is 0.0683. The number of rotatable bonds is 5. The van der Waals surface area contributed by atoms with Crippen molar-refractivity contribution >= 4 is 11.6 Å². The Labute approximate surface area is 146 Å². The van der Waals surface area contributed by atoms with Crippen LogP contribution < -0.4 is 10.1 Å². The molecule has 5 heteroatoms. The van der Waals surface area contributed by atoms with E-state index in [0.717, 1.165) is 28.3 Å². The molecule has 25 heavy (non-hydrogen) atoms. The van der Waals surface area contributed by atoms with E-state index >= 15 is 0 Å². The van der Waals surface area contributed by atoms with Crippen LogP contribution in [0.5, 0.6) is 5.75 Å². The first-order chi connectivity index (χ1) is 12.1. The predicted octanol–water partition coefficient (Wildman–Crippen LogP) is 3.64. The van der Waals surface area contributed by atoms with Crippen LogP contribution in [-0.4, -0.2) is 23.0 Å². The molecule has 1 N–H and O–H groups in total. The third kappa shape index (κ3) is 4.41. The van der Waals surface area contributed by atoms with Crippen molar-refractivity contribution in [1.82, 2.24) is 9.97 Å². The summed E-state index contributed by atoms with van der Waals surface area (Å²) in [5, 5.41) is 2.93. The van der Waals surface area contributed by atoms with E-state index < -0.39 is 0 Å². The standard InChI is InChI=1S/C20H19N3O2/c1-14-21-11-10-19(22-14)16-4-3-5-17(13-16)23-20(24)12-15-6-8-18(25-2)9-7-15/h3-11,13H,12H2,1-2H3,(H,23,24). The highest BCUT2D eigenvalue weighted by atomic mass is 16.5. The number of nitrogens with zero attached hydrogens (tertiary/aromatic N) is 2. The van der Waals surface area contributed by atoms with Crippen LogP contribution >= 0.6 is 0 Å². The van der Waals surface area contributed by atoms with Gasteiger partial charge in [0.15, 0.2) is 0 Å². The van der Waals surface area contributed by atoms with Crippen molar-refractivity contribution in [1.29, 1.82) is 0 Å². The van der Waals surface area contributed by atoms with E-state index in [4.69, 9.17) is 4.74 Å². The van der Waals surface area contributed by atoms with Gasteiger partial charge in [-0.05, 0) is 42.8 Å². The van der Waals surface area contributed by atoms with Crippen LogP contribution in [0.25, 0.3) is 11.3 Å². The summed E-state index contributed by atoms with van der Waals surface area (Å²) in [6, 6.07) is 17.0. The molecule has 0 saturated heterocycles. The van der Waals surface area contributed by atoms with Gasteiger partial charge in [0, 0.05) is 17.4 Å². The molecule has 1 amide bonds. The quantitative estimate of drug-likeness (QED) is 0.774. The van der Waals surface area contributed by atoms with Crippen molar-refractivity contribution < 1.29 is 9.53 Å². The molecule has 3 aromatic rings. The van der Waals surface area contributed by atoms with Crippen molar-refractivity contribution in [3.05, 3.63) is 72.2 Å². The largest absolute Gasteiger partial charge is 0.497 e. The zero-order valence-electron chi connectivity index (χ0n) is 14.2. The molecule has 0 radical (unpaired) electrons. The molecule has 0 fully saturated rings. The lowest BCUT2D eigenvalue weighted by molar-refractivity contribution is -0.115. The summed E-state index contributed by atoms with van der Waals surface area (Å²) >= 11 is 0. The second-order valence-corrected chi connectivity index (χ2v) is 5.64. The van der Waals surface area contributed by atoms with E-state index in [9.17, 15) is 4.79 Å². The number of benzene rings is 2. The van der Waals surface area contributed by atoms with Crippen LogP contribution in [-0.2, 0) is 11.2 Å². The maximum atomic E-state index is 12.3. The number of carbonyl (C=O) groups excluding carboxylic acids is 1. The average Bonchev–Trinajstić information content (AvgIpc) is 2.62. The molecule has 0 aliphatic carbocycles. The fourth-order valence-corrected chi connectivity index (χ4v) is 2.51. The highest BCUT2D eigenvalue weighted by Crippen LogP contribution is 2.21. The van der Waals surface area contributed by atoms with Crippen molar-refractivity contribution in [2.75, 3.05) is 12.4 Å². The highest BCUT2D eigenvalue weighted by molar-refractivity contribution is 5.92. The SMILES string of the molecule is COc1ccc(CC(=O)Nc2cccc(-c3ccnc(C)n3)c2)cc1. The summed E-state index contributed by atoms with van der Waals surface area (Å²) in [5.74, 6) is 1.42. The lowest BCUT2D eigenvalue weighted by Crippen LogP contribution is -2.14. The van der Waals surface area contributed by atoms with Gasteiger partial charge in [-0.2, -0.15) is 0 Å². The molecule has 3 rings (SSSR count). The molecule has 0 aliphatic heterocycles. The Balaban J connectivity index is 1.70. The fourth-order valence-electron chi connectivity index (χ4n) is 2.51. The average molecular weight is 333 g/mol. The van der Waals surface area contributed by atoms with Crippen LogP contribution in [0.3, 0.4) is 0 Å². The molecular formula is C20H19N3O2. The van der Waals surface area contributed by atoms with Crippen LogP contribution in [0.2, 0.25) is 0 Å². The van der Waals surface area contributed by atoms with E-state index in [1.54, 1.807) is 13.3 Å².